The maximum absolute atomic E-state index is 11.8. The zero-order valence-corrected chi connectivity index (χ0v) is 14.7. The SMILES string of the molecule is CN(C)C(=O)CN=C(NC1CC1)N1CCN(c2cccs2)CC1. The van der Waals surface area contributed by atoms with E-state index < -0.39 is 0 Å². The summed E-state index contributed by atoms with van der Waals surface area (Å²) in [5.74, 6) is 0.936. The predicted molar refractivity (Wildman–Crippen MR) is 95.3 cm³/mol. The molecule has 0 spiro atoms. The van der Waals surface area contributed by atoms with Crippen molar-refractivity contribution in [3.63, 3.8) is 0 Å². The Bertz CT molecular complexity index is 545. The minimum absolute atomic E-state index is 0.0392. The summed E-state index contributed by atoms with van der Waals surface area (Å²) in [5, 5.41) is 6.95. The molecule has 1 aliphatic heterocycles. The van der Waals surface area contributed by atoms with Crippen molar-refractivity contribution in [1.82, 2.24) is 15.1 Å². The standard InChI is InChI=1S/C16H25N5OS/c1-19(2)14(22)12-17-16(18-13-5-6-13)21-9-7-20(8-10-21)15-4-3-11-23-15/h3-4,11,13H,5-10,12H2,1-2H3,(H,17,18). The van der Waals surface area contributed by atoms with Gasteiger partial charge < -0.3 is 20.0 Å². The van der Waals surface area contributed by atoms with E-state index in [1.54, 1.807) is 30.3 Å². The molecule has 0 bridgehead atoms. The normalized spacial score (nSPS) is 19.0. The van der Waals surface area contributed by atoms with E-state index >= 15 is 0 Å². The van der Waals surface area contributed by atoms with Gasteiger partial charge in [0.05, 0.1) is 5.00 Å². The molecule has 7 heteroatoms. The molecular weight excluding hydrogens is 310 g/mol. The quantitative estimate of drug-likeness (QED) is 0.660. The number of hydrogen-bond acceptors (Lipinski definition) is 4. The largest absolute Gasteiger partial charge is 0.360 e. The van der Waals surface area contributed by atoms with Gasteiger partial charge in [0, 0.05) is 46.3 Å². The monoisotopic (exact) mass is 335 g/mol. The Balaban J connectivity index is 1.59. The fourth-order valence-electron chi connectivity index (χ4n) is 2.52. The number of nitrogens with one attached hydrogen (secondary N) is 1. The van der Waals surface area contributed by atoms with E-state index in [1.807, 2.05) is 0 Å². The summed E-state index contributed by atoms with van der Waals surface area (Å²) in [5.41, 5.74) is 0. The summed E-state index contributed by atoms with van der Waals surface area (Å²) in [7, 11) is 3.54. The van der Waals surface area contributed by atoms with Crippen LogP contribution in [0.1, 0.15) is 12.8 Å². The molecule has 0 unspecified atom stereocenters. The Morgan fingerprint density at radius 2 is 2.09 bits per heavy atom. The van der Waals surface area contributed by atoms with E-state index in [1.165, 1.54) is 17.8 Å². The van der Waals surface area contributed by atoms with Crippen molar-refractivity contribution in [1.29, 1.82) is 0 Å². The lowest BCUT2D eigenvalue weighted by atomic mass is 10.3. The molecule has 1 aromatic heterocycles. The van der Waals surface area contributed by atoms with Gasteiger partial charge in [-0.05, 0) is 30.4 Å². The number of rotatable bonds is 4. The first kappa shape index (κ1) is 16.1. The summed E-state index contributed by atoms with van der Waals surface area (Å²) in [4.78, 5) is 22.7. The van der Waals surface area contributed by atoms with Crippen molar-refractivity contribution in [3.8, 4) is 0 Å². The number of aliphatic imine (C=N–C) groups is 1. The minimum atomic E-state index is 0.0392. The van der Waals surface area contributed by atoms with Gasteiger partial charge >= 0.3 is 0 Å². The zero-order chi connectivity index (χ0) is 16.2. The fraction of sp³-hybridized carbons (Fsp3) is 0.625. The molecule has 1 N–H and O–H groups in total. The molecule has 3 rings (SSSR count). The van der Waals surface area contributed by atoms with Crippen LogP contribution >= 0.6 is 11.3 Å². The molecule has 1 amide bonds. The molecule has 1 aliphatic carbocycles. The highest BCUT2D eigenvalue weighted by Crippen LogP contribution is 2.23. The Kier molecular flexibility index (Phi) is 5.05. The number of hydrogen-bond donors (Lipinski definition) is 1. The molecule has 1 saturated heterocycles. The van der Waals surface area contributed by atoms with Crippen LogP contribution in [0.15, 0.2) is 22.5 Å². The molecule has 0 radical (unpaired) electrons. The summed E-state index contributed by atoms with van der Waals surface area (Å²) in [6.07, 6.45) is 2.41. The van der Waals surface area contributed by atoms with Gasteiger partial charge in [-0.15, -0.1) is 11.3 Å². The van der Waals surface area contributed by atoms with E-state index in [2.05, 4.69) is 37.6 Å². The number of carbonyl (C=O) groups is 1. The van der Waals surface area contributed by atoms with Crippen LogP contribution in [0.25, 0.3) is 0 Å². The number of anilines is 1. The Morgan fingerprint density at radius 3 is 2.65 bits per heavy atom. The van der Waals surface area contributed by atoms with Crippen LogP contribution < -0.4 is 10.2 Å². The van der Waals surface area contributed by atoms with Gasteiger partial charge in [0.15, 0.2) is 5.96 Å². The lowest BCUT2D eigenvalue weighted by Gasteiger charge is -2.37. The van der Waals surface area contributed by atoms with E-state index in [0.717, 1.165) is 32.1 Å². The van der Waals surface area contributed by atoms with E-state index in [9.17, 15) is 4.79 Å². The number of likely N-dealkylation sites (N-methyl/N-ethyl adjacent to an activating group) is 1. The lowest BCUT2D eigenvalue weighted by molar-refractivity contribution is -0.127. The van der Waals surface area contributed by atoms with Crippen molar-refractivity contribution in [2.45, 2.75) is 18.9 Å². The minimum Gasteiger partial charge on any atom is -0.360 e. The smallest absolute Gasteiger partial charge is 0.243 e. The highest BCUT2D eigenvalue weighted by molar-refractivity contribution is 7.14. The van der Waals surface area contributed by atoms with Crippen molar-refractivity contribution >= 4 is 28.2 Å². The molecule has 126 valence electrons. The van der Waals surface area contributed by atoms with Crippen LogP contribution in [-0.2, 0) is 4.79 Å². The summed E-state index contributed by atoms with van der Waals surface area (Å²) >= 11 is 1.79. The zero-order valence-electron chi connectivity index (χ0n) is 13.9. The third-order valence-corrected chi connectivity index (χ3v) is 5.10. The molecule has 0 atom stereocenters. The molecule has 2 heterocycles. The highest BCUT2D eigenvalue weighted by Gasteiger charge is 2.27. The van der Waals surface area contributed by atoms with Gasteiger partial charge in [0.1, 0.15) is 6.54 Å². The number of amides is 1. The van der Waals surface area contributed by atoms with Crippen molar-refractivity contribution in [2.24, 2.45) is 4.99 Å². The lowest BCUT2D eigenvalue weighted by Crippen LogP contribution is -2.53. The van der Waals surface area contributed by atoms with Gasteiger partial charge in [-0.3, -0.25) is 4.79 Å². The van der Waals surface area contributed by atoms with Crippen molar-refractivity contribution in [3.05, 3.63) is 17.5 Å². The Hall–Kier alpha value is -1.76. The van der Waals surface area contributed by atoms with E-state index in [4.69, 9.17) is 0 Å². The second-order valence-corrected chi connectivity index (χ2v) is 7.20. The maximum atomic E-state index is 11.8. The number of carbonyl (C=O) groups excluding carboxylic acids is 1. The van der Waals surface area contributed by atoms with Crippen molar-refractivity contribution in [2.75, 3.05) is 51.7 Å². The molecule has 2 fully saturated rings. The molecule has 0 aromatic carbocycles. The van der Waals surface area contributed by atoms with Crippen LogP contribution in [-0.4, -0.2) is 74.5 Å². The van der Waals surface area contributed by atoms with E-state index in [0.29, 0.717) is 6.04 Å². The Labute approximate surface area is 141 Å². The van der Waals surface area contributed by atoms with Gasteiger partial charge in [-0.2, -0.15) is 0 Å². The topological polar surface area (TPSA) is 51.2 Å². The van der Waals surface area contributed by atoms with Crippen LogP contribution in [0.2, 0.25) is 0 Å². The van der Waals surface area contributed by atoms with Gasteiger partial charge in [-0.25, -0.2) is 4.99 Å². The average Bonchev–Trinajstić information content (AvgIpc) is 3.21. The summed E-state index contributed by atoms with van der Waals surface area (Å²) < 4.78 is 0. The highest BCUT2D eigenvalue weighted by atomic mass is 32.1. The van der Waals surface area contributed by atoms with Gasteiger partial charge in [0.25, 0.3) is 0 Å². The number of nitrogens with zero attached hydrogens (tertiary/aromatic N) is 4. The number of guanidine groups is 1. The summed E-state index contributed by atoms with van der Waals surface area (Å²) in [6, 6.07) is 4.81. The second-order valence-electron chi connectivity index (χ2n) is 6.27. The third kappa shape index (κ3) is 4.37. The fourth-order valence-corrected chi connectivity index (χ4v) is 3.30. The molecule has 23 heavy (non-hydrogen) atoms. The van der Waals surface area contributed by atoms with Gasteiger partial charge in [-0.1, -0.05) is 0 Å². The predicted octanol–water partition coefficient (Wildman–Crippen LogP) is 1.07. The Morgan fingerprint density at radius 1 is 1.35 bits per heavy atom. The maximum Gasteiger partial charge on any atom is 0.243 e. The molecule has 1 saturated carbocycles. The molecule has 1 aromatic rings. The van der Waals surface area contributed by atoms with Crippen LogP contribution in [0, 0.1) is 0 Å². The van der Waals surface area contributed by atoms with E-state index in [-0.39, 0.29) is 12.5 Å². The average molecular weight is 335 g/mol. The first-order valence-electron chi connectivity index (χ1n) is 8.18. The van der Waals surface area contributed by atoms with Crippen LogP contribution in [0.4, 0.5) is 5.00 Å². The van der Waals surface area contributed by atoms with Crippen LogP contribution in [0.3, 0.4) is 0 Å². The summed E-state index contributed by atoms with van der Waals surface area (Å²) in [6.45, 7) is 4.08. The molecular formula is C16H25N5OS. The third-order valence-electron chi connectivity index (χ3n) is 4.17. The van der Waals surface area contributed by atoms with Crippen LogP contribution in [0.5, 0.6) is 0 Å². The van der Waals surface area contributed by atoms with Gasteiger partial charge in [0.2, 0.25) is 5.91 Å². The molecule has 2 aliphatic rings. The number of thiophene rings is 1. The first-order chi connectivity index (χ1) is 11.1. The molecule has 6 nitrogen and oxygen atoms in total. The number of piperazine rings is 1. The van der Waals surface area contributed by atoms with Crippen molar-refractivity contribution < 1.29 is 4.79 Å². The second kappa shape index (κ2) is 7.21. The first-order valence-corrected chi connectivity index (χ1v) is 9.06.